The fourth-order valence-corrected chi connectivity index (χ4v) is 2.52. The average molecular weight is 429 g/mol. The molecule has 2 heterocycles. The van der Waals surface area contributed by atoms with Gasteiger partial charge in [0.25, 0.3) is 0 Å². The monoisotopic (exact) mass is 429 g/mol. The molecule has 7 nitrogen and oxygen atoms in total. The summed E-state index contributed by atoms with van der Waals surface area (Å²) in [6.45, 7) is 0.957. The van der Waals surface area contributed by atoms with E-state index >= 15 is 0 Å². The molecule has 0 aliphatic carbocycles. The second kappa shape index (κ2) is 9.90. The molecule has 2 amide bonds. The van der Waals surface area contributed by atoms with E-state index in [9.17, 15) is 27.2 Å². The number of amides is 2. The number of methoxy groups -OCH3 is 1. The van der Waals surface area contributed by atoms with Crippen LogP contribution in [0, 0.1) is 5.95 Å². The van der Waals surface area contributed by atoms with Crippen LogP contribution in [-0.2, 0) is 15.8 Å². The number of alkyl halides is 3. The van der Waals surface area contributed by atoms with Gasteiger partial charge in [-0.2, -0.15) is 22.5 Å². The van der Waals surface area contributed by atoms with Crippen molar-refractivity contribution in [2.45, 2.75) is 19.0 Å². The molecule has 1 saturated heterocycles. The molecule has 1 aromatic carbocycles. The maximum absolute atomic E-state index is 13.4. The smallest absolute Gasteiger partial charge is 0.420 e. The molecular formula is C19H19F4N3O4. The molecule has 0 atom stereocenters. The lowest BCUT2D eigenvalue weighted by Gasteiger charge is -2.11. The summed E-state index contributed by atoms with van der Waals surface area (Å²) < 4.78 is 60.9. The maximum atomic E-state index is 13.4. The summed E-state index contributed by atoms with van der Waals surface area (Å²) in [5, 5.41) is 2.36. The van der Waals surface area contributed by atoms with E-state index in [2.05, 4.69) is 10.3 Å². The third kappa shape index (κ3) is 6.06. The number of pyridine rings is 1. The Labute approximate surface area is 169 Å². The largest absolute Gasteiger partial charge is 0.495 e. The minimum atomic E-state index is -4.84. The van der Waals surface area contributed by atoms with E-state index in [4.69, 9.17) is 9.47 Å². The minimum absolute atomic E-state index is 0.127. The van der Waals surface area contributed by atoms with E-state index in [-0.39, 0.29) is 17.3 Å². The highest BCUT2D eigenvalue weighted by molar-refractivity contribution is 5.77. The summed E-state index contributed by atoms with van der Waals surface area (Å²) in [5.41, 5.74) is -1.21. The van der Waals surface area contributed by atoms with Crippen molar-refractivity contribution in [2.24, 2.45) is 0 Å². The van der Waals surface area contributed by atoms with Gasteiger partial charge in [-0.05, 0) is 24.6 Å². The Morgan fingerprint density at radius 1 is 1.23 bits per heavy atom. The zero-order chi connectivity index (χ0) is 22.3. The van der Waals surface area contributed by atoms with E-state index in [1.165, 1.54) is 25.3 Å². The zero-order valence-electron chi connectivity index (χ0n) is 16.1. The summed E-state index contributed by atoms with van der Waals surface area (Å²) in [7, 11) is 3.23. The number of nitrogens with one attached hydrogen (secondary N) is 1. The van der Waals surface area contributed by atoms with E-state index in [0.717, 1.165) is 25.5 Å². The highest BCUT2D eigenvalue weighted by atomic mass is 19.4. The lowest BCUT2D eigenvalue weighted by atomic mass is 10.2. The summed E-state index contributed by atoms with van der Waals surface area (Å²) >= 11 is 0. The molecule has 30 heavy (non-hydrogen) atoms. The number of hydrogen-bond acceptors (Lipinski definition) is 5. The van der Waals surface area contributed by atoms with Crippen LogP contribution >= 0.6 is 0 Å². The number of halogens is 4. The Kier molecular flexibility index (Phi) is 7.56. The Hall–Kier alpha value is -3.37. The minimum Gasteiger partial charge on any atom is -0.495 e. The fourth-order valence-electron chi connectivity index (χ4n) is 2.52. The first-order valence-corrected chi connectivity index (χ1v) is 8.69. The van der Waals surface area contributed by atoms with Gasteiger partial charge in [0, 0.05) is 32.1 Å². The third-order valence-corrected chi connectivity index (χ3v) is 4.05. The summed E-state index contributed by atoms with van der Waals surface area (Å²) in [6, 6.07) is 5.66. The highest BCUT2D eigenvalue weighted by Gasteiger charge is 2.35. The topological polar surface area (TPSA) is 80.8 Å². The number of benzene rings is 1. The fraction of sp³-hybridized carbons (Fsp3) is 0.316. The van der Waals surface area contributed by atoms with Crippen molar-refractivity contribution >= 4 is 18.0 Å². The summed E-state index contributed by atoms with van der Waals surface area (Å²) in [5.74, 6) is -1.29. The number of carbonyl (C=O) groups excluding carboxylic acids is 2. The van der Waals surface area contributed by atoms with Crippen LogP contribution in [0.4, 0.5) is 23.2 Å². The Balaban J connectivity index is 0.000000386. The molecule has 0 radical (unpaired) electrons. The van der Waals surface area contributed by atoms with Crippen LogP contribution < -0.4 is 14.8 Å². The van der Waals surface area contributed by atoms with Gasteiger partial charge in [-0.25, -0.2) is 0 Å². The number of nitrogens with zero attached hydrogens (tertiary/aromatic N) is 2. The second-order valence-corrected chi connectivity index (χ2v) is 6.13. The van der Waals surface area contributed by atoms with Gasteiger partial charge < -0.3 is 19.7 Å². The number of ether oxygens (including phenoxy) is 2. The van der Waals surface area contributed by atoms with Crippen molar-refractivity contribution in [1.82, 2.24) is 9.88 Å². The number of carbonyl (C=O) groups is 2. The Bertz CT molecular complexity index is 906. The predicted octanol–water partition coefficient (Wildman–Crippen LogP) is 3.85. The molecule has 1 N–H and O–H groups in total. The van der Waals surface area contributed by atoms with Gasteiger partial charge >= 0.3 is 6.18 Å². The first kappa shape index (κ1) is 22.9. The number of aromatic nitrogens is 1. The average Bonchev–Trinajstić information content (AvgIpc) is 3.05. The Morgan fingerprint density at radius 3 is 2.43 bits per heavy atom. The van der Waals surface area contributed by atoms with E-state index in [1.54, 1.807) is 4.90 Å². The van der Waals surface area contributed by atoms with Crippen LogP contribution in [0.5, 0.6) is 17.4 Å². The highest BCUT2D eigenvalue weighted by Crippen LogP contribution is 2.34. The van der Waals surface area contributed by atoms with Crippen molar-refractivity contribution in [3.63, 3.8) is 0 Å². The van der Waals surface area contributed by atoms with Crippen molar-refractivity contribution in [1.29, 1.82) is 0 Å². The lowest BCUT2D eigenvalue weighted by molar-refractivity contribution is -0.140. The summed E-state index contributed by atoms with van der Waals surface area (Å²) in [4.78, 5) is 25.9. The second-order valence-electron chi connectivity index (χ2n) is 6.13. The number of hydrogen-bond donors (Lipinski definition) is 1. The quantitative estimate of drug-likeness (QED) is 0.444. The first-order valence-electron chi connectivity index (χ1n) is 8.69. The molecule has 0 bridgehead atoms. The maximum Gasteiger partial charge on any atom is 0.420 e. The molecule has 1 aliphatic rings. The van der Waals surface area contributed by atoms with E-state index in [0.29, 0.717) is 24.1 Å². The van der Waals surface area contributed by atoms with Gasteiger partial charge in [0.15, 0.2) is 0 Å². The van der Waals surface area contributed by atoms with Gasteiger partial charge in [-0.3, -0.25) is 9.59 Å². The molecule has 1 fully saturated rings. The standard InChI is InChI=1S/C14H10F4N2O3.C5H9NO/c1-22-11-4-2-8(6-10(11)19-7-21)23-12-5-3-9(13(15)20-12)14(16,17)18;1-6-4-2-3-5(6)7/h2-7H,1H3,(H,19,21);2-4H2,1H3. The van der Waals surface area contributed by atoms with Crippen molar-refractivity contribution < 1.29 is 36.6 Å². The van der Waals surface area contributed by atoms with Crippen molar-refractivity contribution in [2.75, 3.05) is 26.0 Å². The van der Waals surface area contributed by atoms with Gasteiger partial charge in [0.05, 0.1) is 12.8 Å². The molecule has 1 aliphatic heterocycles. The van der Waals surface area contributed by atoms with Crippen LogP contribution in [0.3, 0.4) is 0 Å². The van der Waals surface area contributed by atoms with Crippen LogP contribution in [0.25, 0.3) is 0 Å². The van der Waals surface area contributed by atoms with Crippen molar-refractivity contribution in [3.8, 4) is 17.4 Å². The molecule has 0 unspecified atom stereocenters. The molecule has 3 rings (SSSR count). The number of anilines is 1. The lowest BCUT2D eigenvalue weighted by Crippen LogP contribution is -2.17. The van der Waals surface area contributed by atoms with Gasteiger partial charge in [-0.1, -0.05) is 0 Å². The normalized spacial score (nSPS) is 13.4. The third-order valence-electron chi connectivity index (χ3n) is 4.05. The zero-order valence-corrected chi connectivity index (χ0v) is 16.1. The molecule has 1 aromatic heterocycles. The first-order chi connectivity index (χ1) is 14.2. The van der Waals surface area contributed by atoms with Crippen LogP contribution in [0.1, 0.15) is 18.4 Å². The van der Waals surface area contributed by atoms with Gasteiger partial charge in [0.1, 0.15) is 17.1 Å². The predicted molar refractivity (Wildman–Crippen MR) is 98.8 cm³/mol. The molecular weight excluding hydrogens is 410 g/mol. The molecule has 11 heteroatoms. The van der Waals surface area contributed by atoms with E-state index < -0.39 is 17.7 Å². The number of likely N-dealkylation sites (tertiary alicyclic amines) is 1. The van der Waals surface area contributed by atoms with Crippen LogP contribution in [-0.4, -0.2) is 42.9 Å². The van der Waals surface area contributed by atoms with E-state index in [1.807, 2.05) is 7.05 Å². The van der Waals surface area contributed by atoms with Crippen LogP contribution in [0.2, 0.25) is 0 Å². The molecule has 162 valence electrons. The van der Waals surface area contributed by atoms with Gasteiger partial charge in [-0.15, -0.1) is 0 Å². The molecule has 2 aromatic rings. The number of rotatable bonds is 5. The summed E-state index contributed by atoms with van der Waals surface area (Å²) in [6.07, 6.45) is -2.61. The molecule has 0 saturated carbocycles. The SMILES string of the molecule is CN1CCCC1=O.COc1ccc(Oc2ccc(C(F)(F)F)c(F)n2)cc1NC=O. The Morgan fingerprint density at radius 2 is 1.97 bits per heavy atom. The van der Waals surface area contributed by atoms with Crippen LogP contribution in [0.15, 0.2) is 30.3 Å². The molecule has 0 spiro atoms. The van der Waals surface area contributed by atoms with Gasteiger partial charge in [0.2, 0.25) is 24.1 Å². The van der Waals surface area contributed by atoms with Crippen molar-refractivity contribution in [3.05, 3.63) is 41.8 Å².